The van der Waals surface area contributed by atoms with E-state index in [1.807, 2.05) is 6.20 Å². The van der Waals surface area contributed by atoms with Gasteiger partial charge in [-0.15, -0.1) is 0 Å². The summed E-state index contributed by atoms with van der Waals surface area (Å²) >= 11 is 0. The quantitative estimate of drug-likeness (QED) is 0.470. The first-order chi connectivity index (χ1) is 12.8. The van der Waals surface area contributed by atoms with Gasteiger partial charge in [0.05, 0.1) is 0 Å². The molecule has 3 heterocycles. The summed E-state index contributed by atoms with van der Waals surface area (Å²) in [5, 5.41) is 5.29. The number of likely N-dealkylation sites (tertiary alicyclic amines) is 1. The predicted octanol–water partition coefficient (Wildman–Crippen LogP) is 5.16. The Morgan fingerprint density at radius 2 is 1.73 bits per heavy atom. The smallest absolute Gasteiger partial charge is 0.0490 e. The van der Waals surface area contributed by atoms with Crippen LogP contribution >= 0.6 is 0 Å². The number of aryl methyl sites for hydroxylation is 1. The summed E-state index contributed by atoms with van der Waals surface area (Å²) in [6, 6.07) is 15.9. The fourth-order valence-corrected chi connectivity index (χ4v) is 4.68. The molecule has 0 N–H and O–H groups in total. The van der Waals surface area contributed by atoms with Gasteiger partial charge in [0.15, 0.2) is 0 Å². The average molecular weight is 341 g/mol. The molecule has 0 aliphatic carbocycles. The SMILES string of the molecule is CN1CCCC1c1c2ccccc2c(-c2cccn2C)c2ccncc12. The Labute approximate surface area is 153 Å². The minimum atomic E-state index is 0.467. The minimum Gasteiger partial charge on any atom is -0.351 e. The molecule has 130 valence electrons. The van der Waals surface area contributed by atoms with E-state index >= 15 is 0 Å². The second-order valence-corrected chi connectivity index (χ2v) is 7.40. The van der Waals surface area contributed by atoms with E-state index in [-0.39, 0.29) is 0 Å². The molecule has 1 fully saturated rings. The molecule has 1 saturated heterocycles. The van der Waals surface area contributed by atoms with E-state index < -0.39 is 0 Å². The number of rotatable bonds is 2. The summed E-state index contributed by atoms with van der Waals surface area (Å²) < 4.78 is 2.21. The third-order valence-electron chi connectivity index (χ3n) is 5.92. The summed E-state index contributed by atoms with van der Waals surface area (Å²) in [7, 11) is 4.37. The predicted molar refractivity (Wildman–Crippen MR) is 108 cm³/mol. The van der Waals surface area contributed by atoms with Crippen molar-refractivity contribution in [2.24, 2.45) is 7.05 Å². The van der Waals surface area contributed by atoms with Crippen molar-refractivity contribution in [1.29, 1.82) is 0 Å². The number of hydrogen-bond acceptors (Lipinski definition) is 2. The minimum absolute atomic E-state index is 0.467. The normalized spacial score (nSPS) is 18.2. The highest BCUT2D eigenvalue weighted by molar-refractivity contribution is 6.14. The van der Waals surface area contributed by atoms with Gasteiger partial charge in [-0.2, -0.15) is 0 Å². The van der Waals surface area contributed by atoms with Crippen LogP contribution in [-0.2, 0) is 7.05 Å². The molecular formula is C23H23N3. The Balaban J connectivity index is 1.97. The van der Waals surface area contributed by atoms with Gasteiger partial charge in [-0.3, -0.25) is 9.88 Å². The molecule has 1 unspecified atom stereocenters. The molecule has 26 heavy (non-hydrogen) atoms. The molecule has 2 aromatic heterocycles. The highest BCUT2D eigenvalue weighted by Crippen LogP contribution is 2.44. The van der Waals surface area contributed by atoms with Gasteiger partial charge in [0.2, 0.25) is 0 Å². The molecule has 3 heteroatoms. The fourth-order valence-electron chi connectivity index (χ4n) is 4.68. The maximum atomic E-state index is 4.50. The van der Waals surface area contributed by atoms with Crippen molar-refractivity contribution in [3.63, 3.8) is 0 Å². The van der Waals surface area contributed by atoms with Gasteiger partial charge >= 0.3 is 0 Å². The van der Waals surface area contributed by atoms with Crippen LogP contribution in [-0.4, -0.2) is 28.0 Å². The Hall–Kier alpha value is -2.65. The van der Waals surface area contributed by atoms with Crippen LogP contribution in [0.5, 0.6) is 0 Å². The molecule has 0 radical (unpaired) electrons. The highest BCUT2D eigenvalue weighted by Gasteiger charge is 2.27. The van der Waals surface area contributed by atoms with Crippen molar-refractivity contribution < 1.29 is 0 Å². The van der Waals surface area contributed by atoms with Gasteiger partial charge in [0, 0.05) is 48.3 Å². The summed E-state index contributed by atoms with van der Waals surface area (Å²) in [5.41, 5.74) is 4.01. The number of fused-ring (bicyclic) bond motifs is 2. The molecule has 2 aromatic carbocycles. The van der Waals surface area contributed by atoms with Crippen LogP contribution in [0.2, 0.25) is 0 Å². The zero-order valence-electron chi connectivity index (χ0n) is 15.3. The maximum Gasteiger partial charge on any atom is 0.0490 e. The summed E-state index contributed by atoms with van der Waals surface area (Å²) in [6.07, 6.45) is 8.59. The van der Waals surface area contributed by atoms with Crippen molar-refractivity contribution in [2.45, 2.75) is 18.9 Å². The van der Waals surface area contributed by atoms with E-state index in [2.05, 4.69) is 83.4 Å². The van der Waals surface area contributed by atoms with Crippen molar-refractivity contribution in [2.75, 3.05) is 13.6 Å². The van der Waals surface area contributed by atoms with Gasteiger partial charge in [0.25, 0.3) is 0 Å². The average Bonchev–Trinajstić information content (AvgIpc) is 3.28. The van der Waals surface area contributed by atoms with E-state index in [4.69, 9.17) is 0 Å². The third-order valence-corrected chi connectivity index (χ3v) is 5.92. The van der Waals surface area contributed by atoms with Crippen LogP contribution in [0.1, 0.15) is 24.4 Å². The molecule has 0 spiro atoms. The summed E-state index contributed by atoms with van der Waals surface area (Å²) in [5.74, 6) is 0. The zero-order valence-corrected chi connectivity index (χ0v) is 15.3. The number of hydrogen-bond donors (Lipinski definition) is 0. The topological polar surface area (TPSA) is 21.1 Å². The van der Waals surface area contributed by atoms with Crippen molar-refractivity contribution in [3.8, 4) is 11.3 Å². The fraction of sp³-hybridized carbons (Fsp3) is 0.261. The van der Waals surface area contributed by atoms with Crippen molar-refractivity contribution in [1.82, 2.24) is 14.5 Å². The number of pyridine rings is 1. The molecule has 1 atom stereocenters. The van der Waals surface area contributed by atoms with E-state index in [1.165, 1.54) is 57.8 Å². The Bertz CT molecular complexity index is 1050. The van der Waals surface area contributed by atoms with Crippen LogP contribution < -0.4 is 0 Å². The van der Waals surface area contributed by atoms with E-state index in [9.17, 15) is 0 Å². The standard InChI is InChI=1S/C23H23N3/c1-25-13-5-9-20(25)22-16-7-3-4-8-17(16)23(21-10-6-14-26(21)2)19-15-24-12-11-18(19)22/h3-5,7-9,11-13,15,21H,6,10,14H2,1-2H3. The molecule has 3 nitrogen and oxygen atoms in total. The molecule has 1 aliphatic heterocycles. The van der Waals surface area contributed by atoms with Gasteiger partial charge in [-0.25, -0.2) is 0 Å². The van der Waals surface area contributed by atoms with E-state index in [0.29, 0.717) is 6.04 Å². The zero-order chi connectivity index (χ0) is 17.7. The van der Waals surface area contributed by atoms with Gasteiger partial charge < -0.3 is 4.57 Å². The van der Waals surface area contributed by atoms with E-state index in [0.717, 1.165) is 0 Å². The number of nitrogens with zero attached hydrogens (tertiary/aromatic N) is 3. The van der Waals surface area contributed by atoms with Crippen molar-refractivity contribution >= 4 is 21.5 Å². The lowest BCUT2D eigenvalue weighted by Crippen LogP contribution is -2.18. The molecule has 0 saturated carbocycles. The van der Waals surface area contributed by atoms with Crippen LogP contribution in [0.3, 0.4) is 0 Å². The second kappa shape index (κ2) is 5.96. The lowest BCUT2D eigenvalue weighted by atomic mass is 9.87. The van der Waals surface area contributed by atoms with Crippen LogP contribution in [0.25, 0.3) is 32.8 Å². The molecule has 0 amide bonds. The lowest BCUT2D eigenvalue weighted by molar-refractivity contribution is 0.320. The summed E-state index contributed by atoms with van der Waals surface area (Å²) in [4.78, 5) is 6.99. The first kappa shape index (κ1) is 15.6. The first-order valence-electron chi connectivity index (χ1n) is 9.36. The highest BCUT2D eigenvalue weighted by atomic mass is 15.1. The van der Waals surface area contributed by atoms with Crippen LogP contribution in [0.4, 0.5) is 0 Å². The van der Waals surface area contributed by atoms with Crippen molar-refractivity contribution in [3.05, 3.63) is 66.6 Å². The molecule has 4 aromatic rings. The molecule has 5 rings (SSSR count). The summed E-state index contributed by atoms with van der Waals surface area (Å²) in [6.45, 7) is 1.17. The van der Waals surface area contributed by atoms with Gasteiger partial charge in [-0.1, -0.05) is 24.3 Å². The van der Waals surface area contributed by atoms with E-state index in [1.54, 1.807) is 0 Å². The molecule has 0 bridgehead atoms. The third kappa shape index (κ3) is 2.20. The molecule has 1 aliphatic rings. The lowest BCUT2D eigenvalue weighted by Gasteiger charge is -2.25. The van der Waals surface area contributed by atoms with Crippen LogP contribution in [0, 0.1) is 0 Å². The maximum absolute atomic E-state index is 4.50. The largest absolute Gasteiger partial charge is 0.351 e. The van der Waals surface area contributed by atoms with Gasteiger partial charge in [-0.05, 0) is 66.4 Å². The van der Waals surface area contributed by atoms with Crippen LogP contribution in [0.15, 0.2) is 61.1 Å². The molecular weight excluding hydrogens is 318 g/mol. The Kier molecular flexibility index (Phi) is 3.57. The van der Waals surface area contributed by atoms with Gasteiger partial charge in [0.1, 0.15) is 0 Å². The number of aromatic nitrogens is 2. The second-order valence-electron chi connectivity index (χ2n) is 7.40. The Morgan fingerprint density at radius 1 is 0.923 bits per heavy atom. The monoisotopic (exact) mass is 341 g/mol. The number of benzene rings is 2. The first-order valence-corrected chi connectivity index (χ1v) is 9.36. The Morgan fingerprint density at radius 3 is 2.46 bits per heavy atom.